The Morgan fingerprint density at radius 3 is 2.41 bits per heavy atom. The molecule has 0 N–H and O–H groups in total. The van der Waals surface area contributed by atoms with Crippen LogP contribution in [-0.2, 0) is 9.47 Å². The van der Waals surface area contributed by atoms with E-state index in [1.807, 2.05) is 12.1 Å². The molecule has 0 spiro atoms. The number of esters is 1. The molecule has 0 radical (unpaired) electrons. The monoisotopic (exact) mass is 377 g/mol. The maximum Gasteiger partial charge on any atom is 0.338 e. The van der Waals surface area contributed by atoms with Gasteiger partial charge in [0.2, 0.25) is 0 Å². The Morgan fingerprint density at radius 2 is 1.67 bits per heavy atom. The zero-order valence-corrected chi connectivity index (χ0v) is 16.8. The highest BCUT2D eigenvalue weighted by molar-refractivity contribution is 5.89. The second-order valence-electron chi connectivity index (χ2n) is 7.08. The zero-order chi connectivity index (χ0) is 19.2. The predicted molar refractivity (Wildman–Crippen MR) is 107 cm³/mol. The smallest absolute Gasteiger partial charge is 0.338 e. The molecule has 152 valence electrons. The molecule has 0 aromatic heterocycles. The topological polar surface area (TPSA) is 48.0 Å². The lowest BCUT2D eigenvalue weighted by molar-refractivity contribution is 0.0358. The van der Waals surface area contributed by atoms with Crippen LogP contribution in [0.15, 0.2) is 24.3 Å². The van der Waals surface area contributed by atoms with Gasteiger partial charge in [0, 0.05) is 19.6 Å². The summed E-state index contributed by atoms with van der Waals surface area (Å²) in [5, 5.41) is 0. The molecule has 5 nitrogen and oxygen atoms in total. The third-order valence-electron chi connectivity index (χ3n) is 4.81. The molecule has 0 aliphatic carbocycles. The fourth-order valence-electron chi connectivity index (χ4n) is 3.12. The molecule has 27 heavy (non-hydrogen) atoms. The van der Waals surface area contributed by atoms with Gasteiger partial charge in [-0.2, -0.15) is 0 Å². The summed E-state index contributed by atoms with van der Waals surface area (Å²) in [5.74, 6) is 0.548. The summed E-state index contributed by atoms with van der Waals surface area (Å²) in [5.41, 5.74) is 0.585. The van der Waals surface area contributed by atoms with Crippen LogP contribution >= 0.6 is 0 Å². The first-order valence-electron chi connectivity index (χ1n) is 10.5. The highest BCUT2D eigenvalue weighted by Gasteiger charge is 2.10. The molecule has 0 saturated carbocycles. The fourth-order valence-corrected chi connectivity index (χ4v) is 3.12. The van der Waals surface area contributed by atoms with Crippen LogP contribution in [0.3, 0.4) is 0 Å². The zero-order valence-electron chi connectivity index (χ0n) is 16.8. The van der Waals surface area contributed by atoms with Gasteiger partial charge in [0.1, 0.15) is 5.75 Å². The molecule has 0 amide bonds. The summed E-state index contributed by atoms with van der Waals surface area (Å²) in [7, 11) is 0. The van der Waals surface area contributed by atoms with Crippen LogP contribution in [0.5, 0.6) is 5.75 Å². The second kappa shape index (κ2) is 13.6. The number of hydrogen-bond acceptors (Lipinski definition) is 5. The largest absolute Gasteiger partial charge is 0.494 e. The van der Waals surface area contributed by atoms with Gasteiger partial charge in [-0.25, -0.2) is 4.79 Å². The van der Waals surface area contributed by atoms with E-state index < -0.39 is 0 Å². The number of morpholine rings is 1. The van der Waals surface area contributed by atoms with Crippen LogP contribution < -0.4 is 4.74 Å². The third kappa shape index (κ3) is 9.25. The molecule has 1 aliphatic rings. The van der Waals surface area contributed by atoms with E-state index in [4.69, 9.17) is 14.2 Å². The van der Waals surface area contributed by atoms with E-state index in [1.54, 1.807) is 12.1 Å². The van der Waals surface area contributed by atoms with Gasteiger partial charge < -0.3 is 14.2 Å². The summed E-state index contributed by atoms with van der Waals surface area (Å²) in [6.07, 6.45) is 8.11. The van der Waals surface area contributed by atoms with Crippen LogP contribution in [0.1, 0.15) is 62.2 Å². The molecule has 0 unspecified atom stereocenters. The van der Waals surface area contributed by atoms with Crippen molar-refractivity contribution in [3.8, 4) is 5.75 Å². The van der Waals surface area contributed by atoms with E-state index in [-0.39, 0.29) is 5.97 Å². The van der Waals surface area contributed by atoms with E-state index in [0.29, 0.717) is 18.8 Å². The van der Waals surface area contributed by atoms with Gasteiger partial charge in [0.25, 0.3) is 0 Å². The van der Waals surface area contributed by atoms with Crippen LogP contribution in [0.2, 0.25) is 0 Å². The second-order valence-corrected chi connectivity index (χ2v) is 7.08. The Hall–Kier alpha value is -1.59. The van der Waals surface area contributed by atoms with Gasteiger partial charge >= 0.3 is 5.97 Å². The number of hydrogen-bond donors (Lipinski definition) is 0. The van der Waals surface area contributed by atoms with Gasteiger partial charge in [-0.1, -0.05) is 39.0 Å². The molecular formula is C22H35NO4. The maximum absolute atomic E-state index is 12.0. The Balaban J connectivity index is 1.56. The molecule has 0 bridgehead atoms. The lowest BCUT2D eigenvalue weighted by Crippen LogP contribution is -2.37. The number of unbranched alkanes of at least 4 members (excludes halogenated alkanes) is 5. The first-order chi connectivity index (χ1) is 13.3. The van der Waals surface area contributed by atoms with Crippen molar-refractivity contribution in [2.45, 2.75) is 51.9 Å². The van der Waals surface area contributed by atoms with Crippen molar-refractivity contribution in [1.29, 1.82) is 0 Å². The lowest BCUT2D eigenvalue weighted by Gasteiger charge is -2.26. The molecule has 5 heteroatoms. The van der Waals surface area contributed by atoms with Crippen molar-refractivity contribution < 1.29 is 19.0 Å². The van der Waals surface area contributed by atoms with Crippen LogP contribution in [0, 0.1) is 0 Å². The van der Waals surface area contributed by atoms with E-state index in [2.05, 4.69) is 11.8 Å². The van der Waals surface area contributed by atoms with Gasteiger partial charge in [0.15, 0.2) is 0 Å². The summed E-state index contributed by atoms with van der Waals surface area (Å²) in [4.78, 5) is 14.4. The molecule has 1 aromatic rings. The Labute approximate surface area is 164 Å². The third-order valence-corrected chi connectivity index (χ3v) is 4.81. The number of carbonyl (C=O) groups is 1. The average molecular weight is 378 g/mol. The van der Waals surface area contributed by atoms with E-state index in [1.165, 1.54) is 25.7 Å². The van der Waals surface area contributed by atoms with Gasteiger partial charge in [-0.15, -0.1) is 0 Å². The Morgan fingerprint density at radius 1 is 0.963 bits per heavy atom. The van der Waals surface area contributed by atoms with Crippen molar-refractivity contribution in [3.05, 3.63) is 29.8 Å². The van der Waals surface area contributed by atoms with E-state index in [0.717, 1.165) is 57.9 Å². The number of rotatable bonds is 13. The minimum absolute atomic E-state index is 0.248. The number of nitrogens with zero attached hydrogens (tertiary/aromatic N) is 1. The summed E-state index contributed by atoms with van der Waals surface area (Å²) in [6, 6.07) is 7.24. The van der Waals surface area contributed by atoms with Crippen molar-refractivity contribution in [3.63, 3.8) is 0 Å². The molecule has 2 rings (SSSR count). The standard InChI is InChI=1S/C22H35NO4/c1-2-3-4-5-6-7-16-27-22(24)20-9-11-21(12-10-20)26-17-8-13-23-14-18-25-19-15-23/h9-12H,2-8,13-19H2,1H3. The van der Waals surface area contributed by atoms with Crippen molar-refractivity contribution in [2.75, 3.05) is 46.1 Å². The molecule has 1 aromatic carbocycles. The maximum atomic E-state index is 12.0. The van der Waals surface area contributed by atoms with Crippen molar-refractivity contribution >= 4 is 5.97 Å². The predicted octanol–water partition coefficient (Wildman–Crippen LogP) is 4.31. The SMILES string of the molecule is CCCCCCCCOC(=O)c1ccc(OCCCN2CCOCC2)cc1. The first-order valence-corrected chi connectivity index (χ1v) is 10.5. The Bertz CT molecular complexity index is 512. The molecule has 0 atom stereocenters. The molecule has 1 saturated heterocycles. The van der Waals surface area contributed by atoms with Crippen LogP contribution in [0.25, 0.3) is 0 Å². The van der Waals surface area contributed by atoms with Gasteiger partial charge in [0.05, 0.1) is 32.0 Å². The van der Waals surface area contributed by atoms with Crippen LogP contribution in [-0.4, -0.2) is 56.9 Å². The number of benzene rings is 1. The van der Waals surface area contributed by atoms with Crippen LogP contribution in [0.4, 0.5) is 0 Å². The fraction of sp³-hybridized carbons (Fsp3) is 0.682. The average Bonchev–Trinajstić information content (AvgIpc) is 2.71. The number of ether oxygens (including phenoxy) is 3. The minimum Gasteiger partial charge on any atom is -0.494 e. The van der Waals surface area contributed by atoms with Crippen molar-refractivity contribution in [2.24, 2.45) is 0 Å². The van der Waals surface area contributed by atoms with Gasteiger partial charge in [-0.3, -0.25) is 4.90 Å². The highest BCUT2D eigenvalue weighted by Crippen LogP contribution is 2.14. The summed E-state index contributed by atoms with van der Waals surface area (Å²) >= 11 is 0. The quantitative estimate of drug-likeness (QED) is 0.379. The molecular weight excluding hydrogens is 342 g/mol. The first kappa shape index (κ1) is 21.7. The summed E-state index contributed by atoms with van der Waals surface area (Å²) < 4.78 is 16.5. The normalized spacial score (nSPS) is 14.9. The highest BCUT2D eigenvalue weighted by atomic mass is 16.5. The summed E-state index contributed by atoms with van der Waals surface area (Å²) in [6.45, 7) is 8.11. The van der Waals surface area contributed by atoms with E-state index in [9.17, 15) is 4.79 Å². The van der Waals surface area contributed by atoms with Gasteiger partial charge in [-0.05, 0) is 37.1 Å². The lowest BCUT2D eigenvalue weighted by atomic mass is 10.1. The molecule has 1 heterocycles. The molecule has 1 aliphatic heterocycles. The number of carbonyl (C=O) groups excluding carboxylic acids is 1. The molecule has 1 fully saturated rings. The van der Waals surface area contributed by atoms with E-state index >= 15 is 0 Å². The van der Waals surface area contributed by atoms with Crippen molar-refractivity contribution in [1.82, 2.24) is 4.90 Å². The Kier molecular flexibility index (Phi) is 10.9. The minimum atomic E-state index is -0.248.